The molecule has 1 aromatic heterocycles. The third-order valence-electron chi connectivity index (χ3n) is 1.33. The predicted molar refractivity (Wildman–Crippen MR) is 63.4 cm³/mol. The molecule has 2 rings (SSSR count). The summed E-state index contributed by atoms with van der Waals surface area (Å²) in [6.07, 6.45) is 0. The molecule has 0 aliphatic rings. The Kier molecular flexibility index (Phi) is 3.98. The van der Waals surface area contributed by atoms with E-state index in [1.807, 2.05) is 18.2 Å². The summed E-state index contributed by atoms with van der Waals surface area (Å²) in [5.74, 6) is 0.167. The third-order valence-corrected chi connectivity index (χ3v) is 2.54. The van der Waals surface area contributed by atoms with Crippen molar-refractivity contribution in [3.8, 4) is 0 Å². The van der Waals surface area contributed by atoms with Crippen LogP contribution in [0, 0.1) is 3.95 Å². The highest BCUT2D eigenvalue weighted by Crippen LogP contribution is 2.17. The van der Waals surface area contributed by atoms with Gasteiger partial charge in [-0.15, -0.1) is 11.3 Å². The molecule has 1 heterocycles. The van der Waals surface area contributed by atoms with Gasteiger partial charge in [0, 0.05) is 0 Å². The lowest BCUT2D eigenvalue weighted by atomic mass is 10.3. The largest absolute Gasteiger partial charge is 0.337 e. The summed E-state index contributed by atoms with van der Waals surface area (Å²) in [7, 11) is 0. The number of benzene rings is 1. The summed E-state index contributed by atoms with van der Waals surface area (Å²) in [6, 6.07) is 8.11. The molecule has 4 heteroatoms. The number of para-hydroxylation sites is 1. The molecule has 0 amide bonds. The highest BCUT2D eigenvalue weighted by Gasteiger charge is 1.91. The first kappa shape index (κ1) is 11.1. The molecule has 0 atom stereocenters. The van der Waals surface area contributed by atoms with E-state index in [0.717, 1.165) is 9.47 Å². The first-order chi connectivity index (χ1) is 6.59. The van der Waals surface area contributed by atoms with Crippen LogP contribution in [0.4, 0.5) is 0 Å². The van der Waals surface area contributed by atoms with Crippen molar-refractivity contribution in [2.45, 2.75) is 13.8 Å². The van der Waals surface area contributed by atoms with E-state index in [0.29, 0.717) is 0 Å². The normalized spacial score (nSPS) is 9.29. The van der Waals surface area contributed by atoms with Gasteiger partial charge in [-0.1, -0.05) is 12.1 Å². The third kappa shape index (κ3) is 3.40. The van der Waals surface area contributed by atoms with E-state index < -0.39 is 0 Å². The molecule has 0 spiro atoms. The second-order valence-electron chi connectivity index (χ2n) is 2.92. The maximum absolute atomic E-state index is 9.44. The predicted octanol–water partition coefficient (Wildman–Crippen LogP) is 3.55. The Hall–Kier alpha value is -1.00. The summed E-state index contributed by atoms with van der Waals surface area (Å²) in [4.78, 5) is 12.5. The zero-order valence-corrected chi connectivity index (χ0v) is 9.67. The molecule has 74 valence electrons. The van der Waals surface area contributed by atoms with Crippen LogP contribution in [0.25, 0.3) is 10.2 Å². The molecule has 0 bridgehead atoms. The van der Waals surface area contributed by atoms with Gasteiger partial charge in [-0.05, 0) is 38.2 Å². The van der Waals surface area contributed by atoms with Crippen molar-refractivity contribution in [3.05, 3.63) is 28.2 Å². The fourth-order valence-electron chi connectivity index (χ4n) is 0.894. The van der Waals surface area contributed by atoms with Crippen molar-refractivity contribution in [1.29, 1.82) is 0 Å². The number of hydrogen-bond donors (Lipinski definition) is 1. The molecule has 0 unspecified atom stereocenters. The number of thiazole rings is 1. The number of carbonyl (C=O) groups is 1. The zero-order chi connectivity index (χ0) is 10.6. The van der Waals surface area contributed by atoms with Gasteiger partial charge in [0.05, 0.1) is 10.2 Å². The van der Waals surface area contributed by atoms with Crippen LogP contribution in [-0.4, -0.2) is 10.8 Å². The maximum atomic E-state index is 9.44. The van der Waals surface area contributed by atoms with E-state index in [1.54, 1.807) is 11.3 Å². The minimum atomic E-state index is 0.167. The molecule has 0 aliphatic carbocycles. The van der Waals surface area contributed by atoms with Gasteiger partial charge in [0.1, 0.15) is 5.78 Å². The van der Waals surface area contributed by atoms with Crippen LogP contribution < -0.4 is 0 Å². The molecule has 0 aliphatic heterocycles. The van der Waals surface area contributed by atoms with Gasteiger partial charge in [-0.3, -0.25) is 0 Å². The smallest absolute Gasteiger partial charge is 0.159 e. The van der Waals surface area contributed by atoms with E-state index in [1.165, 1.54) is 18.5 Å². The number of rotatable bonds is 0. The number of nitrogens with one attached hydrogen (secondary N) is 1. The summed E-state index contributed by atoms with van der Waals surface area (Å²) in [5, 5.41) is 0. The summed E-state index contributed by atoms with van der Waals surface area (Å²) in [5.41, 5.74) is 1.14. The van der Waals surface area contributed by atoms with E-state index in [2.05, 4.69) is 11.1 Å². The molecule has 1 N–H and O–H groups in total. The standard InChI is InChI=1S/C7H5NS2.C3H6O/c9-7-8-5-3-1-2-4-6(5)10-7;1-3(2)4/h1-4H,(H,8,9);1-2H3. The van der Waals surface area contributed by atoms with Gasteiger partial charge in [-0.25, -0.2) is 0 Å². The second kappa shape index (κ2) is 5.02. The van der Waals surface area contributed by atoms with Gasteiger partial charge in [0.15, 0.2) is 3.95 Å². The summed E-state index contributed by atoms with van der Waals surface area (Å²) >= 11 is 6.59. The average Bonchev–Trinajstić information content (AvgIpc) is 2.42. The van der Waals surface area contributed by atoms with E-state index in [4.69, 9.17) is 12.2 Å². The molecule has 14 heavy (non-hydrogen) atoms. The van der Waals surface area contributed by atoms with Crippen LogP contribution >= 0.6 is 23.6 Å². The number of fused-ring (bicyclic) bond motifs is 1. The number of hydrogen-bond acceptors (Lipinski definition) is 3. The van der Waals surface area contributed by atoms with E-state index >= 15 is 0 Å². The number of aromatic nitrogens is 1. The van der Waals surface area contributed by atoms with Crippen molar-refractivity contribution in [1.82, 2.24) is 4.98 Å². The van der Waals surface area contributed by atoms with Crippen LogP contribution in [0.15, 0.2) is 24.3 Å². The van der Waals surface area contributed by atoms with Crippen molar-refractivity contribution in [2.24, 2.45) is 0 Å². The fourth-order valence-corrected chi connectivity index (χ4v) is 2.01. The number of ketones is 1. The van der Waals surface area contributed by atoms with Gasteiger partial charge in [0.2, 0.25) is 0 Å². The molecular formula is C10H11NOS2. The van der Waals surface area contributed by atoms with Crippen LogP contribution in [0.3, 0.4) is 0 Å². The lowest BCUT2D eigenvalue weighted by molar-refractivity contribution is -0.114. The second-order valence-corrected chi connectivity index (χ2v) is 4.64. The molecule has 1 aromatic carbocycles. The maximum Gasteiger partial charge on any atom is 0.159 e. The zero-order valence-electron chi connectivity index (χ0n) is 8.03. The quantitative estimate of drug-likeness (QED) is 0.695. The average molecular weight is 225 g/mol. The minimum Gasteiger partial charge on any atom is -0.337 e. The molecule has 0 radical (unpaired) electrons. The molecular weight excluding hydrogens is 214 g/mol. The fraction of sp³-hybridized carbons (Fsp3) is 0.200. The highest BCUT2D eigenvalue weighted by molar-refractivity contribution is 7.73. The molecule has 0 fully saturated rings. The molecule has 2 nitrogen and oxygen atoms in total. The van der Waals surface area contributed by atoms with Crippen LogP contribution in [-0.2, 0) is 4.79 Å². The van der Waals surface area contributed by atoms with Crippen molar-refractivity contribution in [3.63, 3.8) is 0 Å². The SMILES string of the molecule is CC(C)=O.S=c1[nH]c2ccccc2s1. The Bertz CT molecular complexity index is 444. The van der Waals surface area contributed by atoms with Crippen LogP contribution in [0.1, 0.15) is 13.8 Å². The van der Waals surface area contributed by atoms with Crippen molar-refractivity contribution >= 4 is 39.6 Å². The van der Waals surface area contributed by atoms with Gasteiger partial charge in [-0.2, -0.15) is 0 Å². The first-order valence-corrected chi connectivity index (χ1v) is 5.37. The lowest BCUT2D eigenvalue weighted by Gasteiger charge is -1.81. The minimum absolute atomic E-state index is 0.167. The summed E-state index contributed by atoms with van der Waals surface area (Å²) in [6.45, 7) is 3.06. The van der Waals surface area contributed by atoms with Crippen LogP contribution in [0.5, 0.6) is 0 Å². The Morgan fingerprint density at radius 1 is 1.36 bits per heavy atom. The van der Waals surface area contributed by atoms with Crippen LogP contribution in [0.2, 0.25) is 0 Å². The van der Waals surface area contributed by atoms with Crippen molar-refractivity contribution < 1.29 is 4.79 Å². The lowest BCUT2D eigenvalue weighted by Crippen LogP contribution is -1.69. The Morgan fingerprint density at radius 3 is 2.50 bits per heavy atom. The Morgan fingerprint density at radius 2 is 1.93 bits per heavy atom. The molecule has 0 saturated carbocycles. The first-order valence-electron chi connectivity index (χ1n) is 4.14. The Labute approximate surface area is 91.6 Å². The number of aromatic amines is 1. The van der Waals surface area contributed by atoms with E-state index in [-0.39, 0.29) is 5.78 Å². The number of carbonyl (C=O) groups excluding carboxylic acids is 1. The van der Waals surface area contributed by atoms with Crippen molar-refractivity contribution in [2.75, 3.05) is 0 Å². The molecule has 0 saturated heterocycles. The molecule has 2 aromatic rings. The summed E-state index contributed by atoms with van der Waals surface area (Å²) < 4.78 is 2.08. The number of Topliss-reactive ketones (excluding diaryl/α,β-unsaturated/α-hetero) is 1. The highest BCUT2D eigenvalue weighted by atomic mass is 32.1. The topological polar surface area (TPSA) is 32.9 Å². The van der Waals surface area contributed by atoms with Gasteiger partial charge in [0.25, 0.3) is 0 Å². The van der Waals surface area contributed by atoms with Gasteiger partial charge >= 0.3 is 0 Å². The monoisotopic (exact) mass is 225 g/mol. The number of H-pyrrole nitrogens is 1. The van der Waals surface area contributed by atoms with E-state index in [9.17, 15) is 4.79 Å². The Balaban J connectivity index is 0.000000213. The van der Waals surface area contributed by atoms with Gasteiger partial charge < -0.3 is 9.78 Å².